The van der Waals surface area contributed by atoms with Gasteiger partial charge in [-0.05, 0) is 47.9 Å². The van der Waals surface area contributed by atoms with Crippen LogP contribution in [0.5, 0.6) is 5.75 Å². The zero-order valence-corrected chi connectivity index (χ0v) is 18.8. The lowest BCUT2D eigenvalue weighted by Crippen LogP contribution is -2.47. The predicted molar refractivity (Wildman–Crippen MR) is 121 cm³/mol. The molecule has 0 aliphatic rings. The number of benzene rings is 3. The van der Waals surface area contributed by atoms with Crippen LogP contribution in [0.25, 0.3) is 0 Å². The lowest BCUT2D eigenvalue weighted by molar-refractivity contribution is -0.122. The standard InChI is InChI=1S/C23H22ClFN2O4S/c1-31-21-12-11-19(25)14-22(21)32(29,30)27-20(13-16-5-3-2-4-6-16)23(28)26-15-17-7-9-18(24)10-8-17/h2-12,14,20,27H,13,15H2,1H3,(H,26,28). The molecule has 0 radical (unpaired) electrons. The van der Waals surface area contributed by atoms with Gasteiger partial charge < -0.3 is 10.1 Å². The molecule has 168 valence electrons. The second-order valence-corrected chi connectivity index (χ2v) is 9.12. The molecule has 0 bridgehead atoms. The maximum absolute atomic E-state index is 13.8. The van der Waals surface area contributed by atoms with Crippen LogP contribution in [0.1, 0.15) is 11.1 Å². The summed E-state index contributed by atoms with van der Waals surface area (Å²) in [5.74, 6) is -1.29. The van der Waals surface area contributed by atoms with E-state index in [1.54, 1.807) is 48.5 Å². The van der Waals surface area contributed by atoms with Crippen molar-refractivity contribution in [2.45, 2.75) is 23.9 Å². The van der Waals surface area contributed by atoms with Crippen molar-refractivity contribution in [1.82, 2.24) is 10.0 Å². The summed E-state index contributed by atoms with van der Waals surface area (Å²) in [5, 5.41) is 3.31. The smallest absolute Gasteiger partial charge is 0.245 e. The average molecular weight is 477 g/mol. The van der Waals surface area contributed by atoms with Crippen LogP contribution in [0.4, 0.5) is 4.39 Å². The van der Waals surface area contributed by atoms with Crippen molar-refractivity contribution >= 4 is 27.5 Å². The Kier molecular flexibility index (Phi) is 7.84. The second-order valence-electron chi connectivity index (χ2n) is 7.00. The van der Waals surface area contributed by atoms with Crippen LogP contribution in [0, 0.1) is 5.82 Å². The molecule has 2 N–H and O–H groups in total. The van der Waals surface area contributed by atoms with Crippen LogP contribution < -0.4 is 14.8 Å². The number of ether oxygens (including phenoxy) is 1. The number of methoxy groups -OCH3 is 1. The normalized spacial score (nSPS) is 12.2. The van der Waals surface area contributed by atoms with Crippen LogP contribution in [0.15, 0.2) is 77.7 Å². The lowest BCUT2D eigenvalue weighted by atomic mass is 10.1. The number of halogens is 2. The van der Waals surface area contributed by atoms with E-state index in [1.165, 1.54) is 13.2 Å². The molecule has 0 saturated heterocycles. The molecule has 0 fully saturated rings. The summed E-state index contributed by atoms with van der Waals surface area (Å²) in [4.78, 5) is 12.6. The van der Waals surface area contributed by atoms with E-state index in [-0.39, 0.29) is 23.6 Å². The molecule has 1 unspecified atom stereocenters. The van der Waals surface area contributed by atoms with Crippen molar-refractivity contribution in [3.05, 3.63) is 94.8 Å². The Labute approximate surface area is 191 Å². The molecule has 0 saturated carbocycles. The van der Waals surface area contributed by atoms with Gasteiger partial charge in [0.15, 0.2) is 0 Å². The van der Waals surface area contributed by atoms with Crippen molar-refractivity contribution in [3.8, 4) is 5.75 Å². The van der Waals surface area contributed by atoms with E-state index in [0.717, 1.165) is 23.3 Å². The van der Waals surface area contributed by atoms with E-state index in [0.29, 0.717) is 5.02 Å². The van der Waals surface area contributed by atoms with Crippen LogP contribution in [0.2, 0.25) is 5.02 Å². The van der Waals surface area contributed by atoms with E-state index in [2.05, 4.69) is 10.0 Å². The first kappa shape index (κ1) is 23.7. The summed E-state index contributed by atoms with van der Waals surface area (Å²) in [6.07, 6.45) is 0.101. The molecule has 3 rings (SSSR count). The summed E-state index contributed by atoms with van der Waals surface area (Å²) >= 11 is 5.88. The maximum atomic E-state index is 13.8. The summed E-state index contributed by atoms with van der Waals surface area (Å²) in [5.41, 5.74) is 1.56. The van der Waals surface area contributed by atoms with Gasteiger partial charge in [0.05, 0.1) is 7.11 Å². The first-order valence-electron chi connectivity index (χ1n) is 9.70. The molecule has 3 aromatic carbocycles. The van der Waals surface area contributed by atoms with E-state index in [4.69, 9.17) is 16.3 Å². The largest absolute Gasteiger partial charge is 0.495 e. The highest BCUT2D eigenvalue weighted by molar-refractivity contribution is 7.89. The average Bonchev–Trinajstić information content (AvgIpc) is 2.78. The Morgan fingerprint density at radius 3 is 2.38 bits per heavy atom. The highest BCUT2D eigenvalue weighted by atomic mass is 35.5. The zero-order valence-electron chi connectivity index (χ0n) is 17.2. The van der Waals surface area contributed by atoms with Gasteiger partial charge in [-0.2, -0.15) is 4.72 Å². The molecule has 9 heteroatoms. The number of rotatable bonds is 9. The maximum Gasteiger partial charge on any atom is 0.245 e. The Bertz CT molecular complexity index is 1170. The summed E-state index contributed by atoms with van der Waals surface area (Å²) in [6.45, 7) is 0.187. The van der Waals surface area contributed by atoms with Crippen LogP contribution in [-0.4, -0.2) is 27.5 Å². The number of carbonyl (C=O) groups is 1. The molecule has 1 amide bonds. The third-order valence-electron chi connectivity index (χ3n) is 4.69. The van der Waals surface area contributed by atoms with Crippen molar-refractivity contribution in [3.63, 3.8) is 0 Å². The Morgan fingerprint density at radius 2 is 1.72 bits per heavy atom. The minimum absolute atomic E-state index is 0.0288. The van der Waals surface area contributed by atoms with Gasteiger partial charge in [-0.3, -0.25) is 4.79 Å². The van der Waals surface area contributed by atoms with E-state index < -0.39 is 27.8 Å². The topological polar surface area (TPSA) is 84.5 Å². The van der Waals surface area contributed by atoms with Gasteiger partial charge in [0.1, 0.15) is 22.5 Å². The van der Waals surface area contributed by atoms with Crippen LogP contribution >= 0.6 is 11.6 Å². The van der Waals surface area contributed by atoms with Crippen molar-refractivity contribution in [2.75, 3.05) is 7.11 Å². The molecule has 6 nitrogen and oxygen atoms in total. The summed E-state index contributed by atoms with van der Waals surface area (Å²) < 4.78 is 47.3. The molecule has 0 spiro atoms. The molecule has 0 heterocycles. The van der Waals surface area contributed by atoms with Crippen molar-refractivity contribution in [1.29, 1.82) is 0 Å². The lowest BCUT2D eigenvalue weighted by Gasteiger charge is -2.20. The number of amides is 1. The molecule has 1 atom stereocenters. The first-order chi connectivity index (χ1) is 15.3. The Morgan fingerprint density at radius 1 is 1.03 bits per heavy atom. The molecular formula is C23H22ClFN2O4S. The van der Waals surface area contributed by atoms with Gasteiger partial charge >= 0.3 is 0 Å². The third kappa shape index (κ3) is 6.29. The molecular weight excluding hydrogens is 455 g/mol. The van der Waals surface area contributed by atoms with Crippen LogP contribution in [0.3, 0.4) is 0 Å². The van der Waals surface area contributed by atoms with Gasteiger partial charge in [-0.1, -0.05) is 54.1 Å². The van der Waals surface area contributed by atoms with Crippen molar-refractivity contribution < 1.29 is 22.3 Å². The summed E-state index contributed by atoms with van der Waals surface area (Å²) in [6, 6.07) is 17.9. The number of hydrogen-bond acceptors (Lipinski definition) is 4. The zero-order chi connectivity index (χ0) is 23.1. The Balaban J connectivity index is 1.84. The highest BCUT2D eigenvalue weighted by Gasteiger charge is 2.28. The van der Waals surface area contributed by atoms with Gasteiger partial charge in [0.25, 0.3) is 0 Å². The monoisotopic (exact) mass is 476 g/mol. The number of nitrogens with one attached hydrogen (secondary N) is 2. The molecule has 0 aliphatic heterocycles. The molecule has 32 heavy (non-hydrogen) atoms. The fourth-order valence-corrected chi connectivity index (χ4v) is 4.57. The van der Waals surface area contributed by atoms with Crippen molar-refractivity contribution in [2.24, 2.45) is 0 Å². The minimum Gasteiger partial charge on any atom is -0.495 e. The third-order valence-corrected chi connectivity index (χ3v) is 6.44. The van der Waals surface area contributed by atoms with E-state index in [1.807, 2.05) is 6.07 Å². The van der Waals surface area contributed by atoms with Gasteiger partial charge in [-0.15, -0.1) is 0 Å². The first-order valence-corrected chi connectivity index (χ1v) is 11.6. The second kappa shape index (κ2) is 10.6. The number of carbonyl (C=O) groups excluding carboxylic acids is 1. The van der Waals surface area contributed by atoms with Gasteiger partial charge in [-0.25, -0.2) is 12.8 Å². The highest BCUT2D eigenvalue weighted by Crippen LogP contribution is 2.24. The van der Waals surface area contributed by atoms with Crippen LogP contribution in [-0.2, 0) is 27.8 Å². The SMILES string of the molecule is COc1ccc(F)cc1S(=O)(=O)NC(Cc1ccccc1)C(=O)NCc1ccc(Cl)cc1. The molecule has 0 aliphatic carbocycles. The molecule has 0 aromatic heterocycles. The molecule has 3 aromatic rings. The van der Waals surface area contributed by atoms with E-state index >= 15 is 0 Å². The number of sulfonamides is 1. The van der Waals surface area contributed by atoms with Gasteiger partial charge in [0, 0.05) is 11.6 Å². The predicted octanol–water partition coefficient (Wildman–Crippen LogP) is 3.69. The fourth-order valence-electron chi connectivity index (χ4n) is 3.06. The van der Waals surface area contributed by atoms with E-state index in [9.17, 15) is 17.6 Å². The minimum atomic E-state index is -4.27. The fraction of sp³-hybridized carbons (Fsp3) is 0.174. The quantitative estimate of drug-likeness (QED) is 0.493. The Hall–Kier alpha value is -2.94. The number of hydrogen-bond donors (Lipinski definition) is 2. The van der Waals surface area contributed by atoms with Gasteiger partial charge in [0.2, 0.25) is 15.9 Å². The summed E-state index contributed by atoms with van der Waals surface area (Å²) in [7, 11) is -2.99.